The van der Waals surface area contributed by atoms with Crippen molar-refractivity contribution < 1.29 is 0 Å². The van der Waals surface area contributed by atoms with Crippen molar-refractivity contribution >= 4 is 43.6 Å². The Morgan fingerprint density at radius 3 is 2.54 bits per heavy atom. The van der Waals surface area contributed by atoms with E-state index in [1.165, 1.54) is 0 Å². The first-order valence-electron chi connectivity index (χ1n) is 11.6. The van der Waals surface area contributed by atoms with Gasteiger partial charge in [-0.15, -0.1) is 0 Å². The highest BCUT2D eigenvalue weighted by atomic mass is 14.9. The molecule has 4 aromatic heterocycles. The van der Waals surface area contributed by atoms with Crippen molar-refractivity contribution in [1.82, 2.24) is 34.9 Å². The Hall–Kier alpha value is -4.65. The van der Waals surface area contributed by atoms with E-state index in [0.717, 1.165) is 84.2 Å². The molecule has 4 heterocycles. The van der Waals surface area contributed by atoms with Crippen molar-refractivity contribution in [2.45, 2.75) is 20.3 Å². The quantitative estimate of drug-likeness (QED) is 0.312. The maximum absolute atomic E-state index is 4.97. The number of nitrogens with zero attached hydrogens (tertiary/aromatic N) is 5. The Labute approximate surface area is 200 Å². The molecule has 0 aliphatic rings. The minimum absolute atomic E-state index is 0.837. The number of aromatic amines is 2. The van der Waals surface area contributed by atoms with E-state index in [4.69, 9.17) is 9.97 Å². The van der Waals surface area contributed by atoms with Crippen LogP contribution in [-0.4, -0.2) is 34.9 Å². The molecule has 35 heavy (non-hydrogen) atoms. The van der Waals surface area contributed by atoms with Crippen molar-refractivity contribution in [1.29, 1.82) is 0 Å². The fourth-order valence-electron chi connectivity index (χ4n) is 4.84. The van der Waals surface area contributed by atoms with Gasteiger partial charge in [-0.3, -0.25) is 0 Å². The fraction of sp³-hybridized carbons (Fsp3) is 0.107. The van der Waals surface area contributed by atoms with E-state index in [9.17, 15) is 0 Å². The molecule has 0 amide bonds. The number of H-pyrrole nitrogens is 2. The summed E-state index contributed by atoms with van der Waals surface area (Å²) in [5, 5.41) is 4.25. The zero-order valence-corrected chi connectivity index (χ0v) is 19.3. The van der Waals surface area contributed by atoms with Gasteiger partial charge in [-0.2, -0.15) is 0 Å². The van der Waals surface area contributed by atoms with Crippen LogP contribution in [0, 0.1) is 6.92 Å². The summed E-state index contributed by atoms with van der Waals surface area (Å²) in [6.45, 7) is 4.05. The van der Waals surface area contributed by atoms with Crippen LogP contribution in [-0.2, 0) is 6.42 Å². The first-order chi connectivity index (χ1) is 17.2. The summed E-state index contributed by atoms with van der Waals surface area (Å²) in [5.74, 6) is 1.86. The molecule has 0 aliphatic carbocycles. The van der Waals surface area contributed by atoms with Crippen LogP contribution in [0.4, 0.5) is 0 Å². The second kappa shape index (κ2) is 7.43. The van der Waals surface area contributed by atoms with Crippen LogP contribution in [0.1, 0.15) is 18.6 Å². The van der Waals surface area contributed by atoms with E-state index in [-0.39, 0.29) is 0 Å². The first kappa shape index (κ1) is 19.8. The molecule has 7 aromatic rings. The average Bonchev–Trinajstić information content (AvgIpc) is 3.54. The highest BCUT2D eigenvalue weighted by Crippen LogP contribution is 2.35. The second-order valence-electron chi connectivity index (χ2n) is 8.79. The van der Waals surface area contributed by atoms with Gasteiger partial charge in [-0.25, -0.2) is 24.9 Å². The van der Waals surface area contributed by atoms with Crippen LogP contribution < -0.4 is 0 Å². The van der Waals surface area contributed by atoms with Gasteiger partial charge in [0.25, 0.3) is 0 Å². The predicted molar refractivity (Wildman–Crippen MR) is 139 cm³/mol. The summed E-state index contributed by atoms with van der Waals surface area (Å²) in [4.78, 5) is 29.8. The summed E-state index contributed by atoms with van der Waals surface area (Å²) in [5.41, 5.74) is 7.82. The highest BCUT2D eigenvalue weighted by Gasteiger charge is 2.15. The third kappa shape index (κ3) is 3.09. The van der Waals surface area contributed by atoms with Gasteiger partial charge in [0.05, 0.1) is 39.7 Å². The standard InChI is InChI=1S/C28H21N7/c1-3-25-34-27-19-7-4-18(11-20(19)21-12-29-14-31-26(21)28(27)35-25)23-8-5-16-10-17(6-9-22(16)33-23)24-13-30-15(2)32-24/h4-14H,3H2,1-2H3,(H,30,32)(H,34,35). The third-order valence-corrected chi connectivity index (χ3v) is 6.60. The molecule has 0 saturated heterocycles. The van der Waals surface area contributed by atoms with E-state index in [1.807, 2.05) is 19.3 Å². The normalized spacial score (nSPS) is 11.8. The Bertz CT molecular complexity index is 1910. The lowest BCUT2D eigenvalue weighted by molar-refractivity contribution is 1.00. The van der Waals surface area contributed by atoms with E-state index in [0.29, 0.717) is 0 Å². The Balaban J connectivity index is 1.40. The van der Waals surface area contributed by atoms with Gasteiger partial charge < -0.3 is 9.97 Å². The van der Waals surface area contributed by atoms with Crippen LogP contribution in [0.3, 0.4) is 0 Å². The van der Waals surface area contributed by atoms with Crippen LogP contribution in [0.15, 0.2) is 67.3 Å². The largest absolute Gasteiger partial charge is 0.342 e. The summed E-state index contributed by atoms with van der Waals surface area (Å²) >= 11 is 0. The minimum atomic E-state index is 0.837. The summed E-state index contributed by atoms with van der Waals surface area (Å²) in [6, 6.07) is 16.9. The second-order valence-corrected chi connectivity index (χ2v) is 8.79. The van der Waals surface area contributed by atoms with Crippen LogP contribution >= 0.6 is 0 Å². The third-order valence-electron chi connectivity index (χ3n) is 6.60. The average molecular weight is 456 g/mol. The molecule has 0 fully saturated rings. The van der Waals surface area contributed by atoms with E-state index in [2.05, 4.69) is 80.4 Å². The molecule has 7 nitrogen and oxygen atoms in total. The van der Waals surface area contributed by atoms with Crippen LogP contribution in [0.25, 0.3) is 66.1 Å². The van der Waals surface area contributed by atoms with E-state index >= 15 is 0 Å². The lowest BCUT2D eigenvalue weighted by atomic mass is 9.99. The van der Waals surface area contributed by atoms with Gasteiger partial charge >= 0.3 is 0 Å². The smallest absolute Gasteiger partial charge is 0.116 e. The number of rotatable bonds is 3. The lowest BCUT2D eigenvalue weighted by Crippen LogP contribution is -1.89. The van der Waals surface area contributed by atoms with Crippen molar-refractivity contribution in [3.8, 4) is 22.5 Å². The summed E-state index contributed by atoms with van der Waals surface area (Å²) in [7, 11) is 0. The number of aromatic nitrogens is 7. The molecule has 7 heteroatoms. The molecule has 0 saturated carbocycles. The molecule has 3 aromatic carbocycles. The van der Waals surface area contributed by atoms with Crippen molar-refractivity contribution in [2.75, 3.05) is 0 Å². The number of fused-ring (bicyclic) bond motifs is 7. The van der Waals surface area contributed by atoms with E-state index in [1.54, 1.807) is 6.33 Å². The van der Waals surface area contributed by atoms with Crippen molar-refractivity contribution in [3.63, 3.8) is 0 Å². The van der Waals surface area contributed by atoms with Gasteiger partial charge in [0.2, 0.25) is 0 Å². The van der Waals surface area contributed by atoms with Crippen LogP contribution in [0.5, 0.6) is 0 Å². The van der Waals surface area contributed by atoms with E-state index < -0.39 is 0 Å². The molecule has 0 unspecified atom stereocenters. The van der Waals surface area contributed by atoms with Crippen molar-refractivity contribution in [3.05, 3.63) is 78.9 Å². The van der Waals surface area contributed by atoms with Crippen LogP contribution in [0.2, 0.25) is 0 Å². The summed E-state index contributed by atoms with van der Waals surface area (Å²) < 4.78 is 0. The van der Waals surface area contributed by atoms with Gasteiger partial charge in [0.1, 0.15) is 18.0 Å². The molecular weight excluding hydrogens is 434 g/mol. The Morgan fingerprint density at radius 1 is 0.771 bits per heavy atom. The molecule has 0 aliphatic heterocycles. The molecule has 0 atom stereocenters. The topological polar surface area (TPSA) is 96.0 Å². The zero-order chi connectivity index (χ0) is 23.5. The Kier molecular flexibility index (Phi) is 4.20. The SMILES string of the molecule is CCc1nc2c3ccc(-c4ccc5cc(-c6cnc(C)[nH]6)ccc5n4)cc3c3cncnc3c2[nH]1. The lowest BCUT2D eigenvalue weighted by Gasteiger charge is -2.09. The number of hydrogen-bond acceptors (Lipinski definition) is 5. The molecular formula is C28H21N7. The Morgan fingerprint density at radius 2 is 1.69 bits per heavy atom. The van der Waals surface area contributed by atoms with Gasteiger partial charge in [-0.1, -0.05) is 31.2 Å². The predicted octanol–water partition coefficient (Wildman–Crippen LogP) is 6.14. The zero-order valence-electron chi connectivity index (χ0n) is 19.3. The monoisotopic (exact) mass is 455 g/mol. The molecule has 2 N–H and O–H groups in total. The van der Waals surface area contributed by atoms with Gasteiger partial charge in [-0.05, 0) is 36.6 Å². The summed E-state index contributed by atoms with van der Waals surface area (Å²) in [6.07, 6.45) is 6.17. The highest BCUT2D eigenvalue weighted by molar-refractivity contribution is 6.22. The van der Waals surface area contributed by atoms with Gasteiger partial charge in [0, 0.05) is 39.9 Å². The minimum Gasteiger partial charge on any atom is -0.342 e. The first-order valence-corrected chi connectivity index (χ1v) is 11.6. The number of nitrogens with one attached hydrogen (secondary N) is 2. The molecule has 168 valence electrons. The molecule has 0 bridgehead atoms. The fourth-order valence-corrected chi connectivity index (χ4v) is 4.84. The number of aryl methyl sites for hydroxylation is 2. The number of pyridine rings is 1. The van der Waals surface area contributed by atoms with Gasteiger partial charge in [0.15, 0.2) is 0 Å². The maximum Gasteiger partial charge on any atom is 0.116 e. The number of hydrogen-bond donors (Lipinski definition) is 2. The maximum atomic E-state index is 4.97. The number of imidazole rings is 2. The molecule has 0 spiro atoms. The molecule has 0 radical (unpaired) electrons. The molecule has 7 rings (SSSR count). The number of benzene rings is 3. The van der Waals surface area contributed by atoms with Crippen molar-refractivity contribution in [2.24, 2.45) is 0 Å².